The summed E-state index contributed by atoms with van der Waals surface area (Å²) in [4.78, 5) is 5.05. The average molecular weight is 469 g/mol. The first kappa shape index (κ1) is 25.0. The van der Waals surface area contributed by atoms with E-state index in [1.165, 1.54) is 22.2 Å². The van der Waals surface area contributed by atoms with E-state index in [1.54, 1.807) is 0 Å². The number of imidazole rings is 1. The maximum absolute atomic E-state index is 6.08. The molecule has 0 N–H and O–H groups in total. The van der Waals surface area contributed by atoms with E-state index in [1.807, 2.05) is 0 Å². The molecule has 0 fully saturated rings. The summed E-state index contributed by atoms with van der Waals surface area (Å²) in [5, 5.41) is 0. The zero-order valence-electron chi connectivity index (χ0n) is 22.0. The molecule has 3 heteroatoms. The number of nitrogens with zero attached hydrogens (tertiary/aromatic N) is 2. The highest BCUT2D eigenvalue weighted by Crippen LogP contribution is 2.28. The molecule has 2 atom stereocenters. The molecule has 3 nitrogen and oxygen atoms in total. The normalized spacial score (nSPS) is 13.3. The van der Waals surface area contributed by atoms with Crippen LogP contribution in [0.3, 0.4) is 0 Å². The van der Waals surface area contributed by atoms with Gasteiger partial charge in [-0.1, -0.05) is 83.1 Å². The minimum Gasteiger partial charge on any atom is -0.494 e. The van der Waals surface area contributed by atoms with Gasteiger partial charge in [0.05, 0.1) is 17.6 Å². The summed E-state index contributed by atoms with van der Waals surface area (Å²) in [7, 11) is 0. The van der Waals surface area contributed by atoms with Crippen molar-refractivity contribution >= 4 is 11.0 Å². The molecule has 0 bridgehead atoms. The fourth-order valence-corrected chi connectivity index (χ4v) is 4.76. The Hall–Kier alpha value is -3.07. The Labute approximate surface area is 211 Å². The molecule has 0 aliphatic carbocycles. The summed E-state index contributed by atoms with van der Waals surface area (Å²) in [5.41, 5.74) is 6.35. The standard InChI is InChI=1S/C32H40N2O/c1-6-24(4)27-16-18-29(19-17-27)35-21-9-20-34-31-11-8-7-10-30(31)33-32(34)25(5)28-14-12-26(13-15-28)22-23(2)3/h7-8,10-19,23-25H,6,9,20-22H2,1-5H3. The third-order valence-corrected chi connectivity index (χ3v) is 7.05. The Kier molecular flexibility index (Phi) is 8.28. The smallest absolute Gasteiger partial charge is 0.119 e. The highest BCUT2D eigenvalue weighted by atomic mass is 16.5. The lowest BCUT2D eigenvalue weighted by Crippen LogP contribution is -2.11. The lowest BCUT2D eigenvalue weighted by molar-refractivity contribution is 0.301. The monoisotopic (exact) mass is 468 g/mol. The Morgan fingerprint density at radius 3 is 2.20 bits per heavy atom. The number of ether oxygens (including phenoxy) is 1. The SMILES string of the molecule is CCC(C)c1ccc(OCCCn2c(C(C)c3ccc(CC(C)C)cc3)nc3ccccc32)cc1. The van der Waals surface area contributed by atoms with Crippen LogP contribution in [0, 0.1) is 5.92 Å². The van der Waals surface area contributed by atoms with Gasteiger partial charge in [-0.25, -0.2) is 4.98 Å². The van der Waals surface area contributed by atoms with Crippen LogP contribution < -0.4 is 4.74 Å². The molecule has 0 saturated carbocycles. The highest BCUT2D eigenvalue weighted by Gasteiger charge is 2.18. The Morgan fingerprint density at radius 1 is 0.829 bits per heavy atom. The molecule has 0 aliphatic heterocycles. The first-order valence-corrected chi connectivity index (χ1v) is 13.2. The van der Waals surface area contributed by atoms with Gasteiger partial charge in [-0.2, -0.15) is 0 Å². The van der Waals surface area contributed by atoms with E-state index >= 15 is 0 Å². The van der Waals surface area contributed by atoms with Gasteiger partial charge in [-0.3, -0.25) is 0 Å². The van der Waals surface area contributed by atoms with Gasteiger partial charge in [0.1, 0.15) is 11.6 Å². The summed E-state index contributed by atoms with van der Waals surface area (Å²) in [6, 6.07) is 26.2. The lowest BCUT2D eigenvalue weighted by Gasteiger charge is -2.16. The van der Waals surface area contributed by atoms with Gasteiger partial charge in [-0.15, -0.1) is 0 Å². The molecule has 0 radical (unpaired) electrons. The molecule has 0 saturated heterocycles. The van der Waals surface area contributed by atoms with Crippen molar-refractivity contribution in [2.24, 2.45) is 5.92 Å². The van der Waals surface area contributed by atoms with Crippen molar-refractivity contribution in [2.45, 2.75) is 72.3 Å². The van der Waals surface area contributed by atoms with Crippen LogP contribution in [-0.2, 0) is 13.0 Å². The van der Waals surface area contributed by atoms with Gasteiger partial charge >= 0.3 is 0 Å². The van der Waals surface area contributed by atoms with E-state index < -0.39 is 0 Å². The summed E-state index contributed by atoms with van der Waals surface area (Å²) in [5.74, 6) is 3.56. The first-order chi connectivity index (χ1) is 17.0. The number of hydrogen-bond donors (Lipinski definition) is 0. The first-order valence-electron chi connectivity index (χ1n) is 13.2. The topological polar surface area (TPSA) is 27.1 Å². The van der Waals surface area contributed by atoms with Crippen molar-refractivity contribution in [3.05, 3.63) is 95.3 Å². The summed E-state index contributed by atoms with van der Waals surface area (Å²) in [6.45, 7) is 12.9. The van der Waals surface area contributed by atoms with E-state index in [-0.39, 0.29) is 5.92 Å². The summed E-state index contributed by atoms with van der Waals surface area (Å²) < 4.78 is 8.47. The summed E-state index contributed by atoms with van der Waals surface area (Å²) in [6.07, 6.45) is 3.20. The van der Waals surface area contributed by atoms with E-state index in [0.717, 1.165) is 42.9 Å². The van der Waals surface area contributed by atoms with Gasteiger partial charge in [0.25, 0.3) is 0 Å². The number of aromatic nitrogens is 2. The molecule has 4 rings (SSSR count). The molecule has 3 aromatic carbocycles. The van der Waals surface area contributed by atoms with Crippen molar-refractivity contribution in [2.75, 3.05) is 6.61 Å². The van der Waals surface area contributed by atoms with Crippen LogP contribution in [0.2, 0.25) is 0 Å². The Morgan fingerprint density at radius 2 is 1.51 bits per heavy atom. The third kappa shape index (κ3) is 6.14. The van der Waals surface area contributed by atoms with Crippen LogP contribution in [0.15, 0.2) is 72.8 Å². The fourth-order valence-electron chi connectivity index (χ4n) is 4.76. The van der Waals surface area contributed by atoms with Gasteiger partial charge in [0.2, 0.25) is 0 Å². The maximum atomic E-state index is 6.08. The second kappa shape index (κ2) is 11.6. The molecular weight excluding hydrogens is 428 g/mol. The van der Waals surface area contributed by atoms with Crippen molar-refractivity contribution < 1.29 is 4.74 Å². The predicted molar refractivity (Wildman–Crippen MR) is 147 cm³/mol. The molecule has 0 amide bonds. The zero-order valence-corrected chi connectivity index (χ0v) is 22.0. The number of benzene rings is 3. The number of fused-ring (bicyclic) bond motifs is 1. The number of hydrogen-bond acceptors (Lipinski definition) is 2. The Bertz CT molecular complexity index is 1200. The van der Waals surface area contributed by atoms with Crippen molar-refractivity contribution in [3.8, 4) is 5.75 Å². The second-order valence-electron chi connectivity index (χ2n) is 10.3. The number of rotatable bonds is 11. The molecule has 0 spiro atoms. The molecule has 2 unspecified atom stereocenters. The molecule has 4 aromatic rings. The van der Waals surface area contributed by atoms with Gasteiger partial charge < -0.3 is 9.30 Å². The van der Waals surface area contributed by atoms with E-state index in [2.05, 4.69) is 112 Å². The summed E-state index contributed by atoms with van der Waals surface area (Å²) >= 11 is 0. The predicted octanol–water partition coefficient (Wildman–Crippen LogP) is 8.37. The average Bonchev–Trinajstić information content (AvgIpc) is 3.24. The quantitative estimate of drug-likeness (QED) is 0.207. The van der Waals surface area contributed by atoms with E-state index in [9.17, 15) is 0 Å². The minimum atomic E-state index is 0.226. The molecule has 184 valence electrons. The fraction of sp³-hybridized carbons (Fsp3) is 0.406. The molecule has 1 aromatic heterocycles. The number of para-hydroxylation sites is 2. The highest BCUT2D eigenvalue weighted by molar-refractivity contribution is 5.76. The lowest BCUT2D eigenvalue weighted by atomic mass is 9.96. The van der Waals surface area contributed by atoms with Crippen molar-refractivity contribution in [1.82, 2.24) is 9.55 Å². The van der Waals surface area contributed by atoms with Crippen LogP contribution in [0.4, 0.5) is 0 Å². The van der Waals surface area contributed by atoms with Gasteiger partial charge in [0.15, 0.2) is 0 Å². The maximum Gasteiger partial charge on any atom is 0.119 e. The molecular formula is C32H40N2O. The Balaban J connectivity index is 1.45. The van der Waals surface area contributed by atoms with Crippen molar-refractivity contribution in [3.63, 3.8) is 0 Å². The van der Waals surface area contributed by atoms with Crippen LogP contribution in [0.1, 0.15) is 81.8 Å². The third-order valence-electron chi connectivity index (χ3n) is 7.05. The zero-order chi connectivity index (χ0) is 24.8. The van der Waals surface area contributed by atoms with Gasteiger partial charge in [-0.05, 0) is 72.1 Å². The van der Waals surface area contributed by atoms with Gasteiger partial charge in [0, 0.05) is 12.5 Å². The van der Waals surface area contributed by atoms with Crippen LogP contribution in [0.25, 0.3) is 11.0 Å². The van der Waals surface area contributed by atoms with Crippen LogP contribution in [0.5, 0.6) is 5.75 Å². The van der Waals surface area contributed by atoms with Crippen molar-refractivity contribution in [1.29, 1.82) is 0 Å². The number of aryl methyl sites for hydroxylation is 1. The molecule has 35 heavy (non-hydrogen) atoms. The van der Waals surface area contributed by atoms with Crippen LogP contribution in [-0.4, -0.2) is 16.2 Å². The molecule has 0 aliphatic rings. The second-order valence-corrected chi connectivity index (χ2v) is 10.3. The van der Waals surface area contributed by atoms with E-state index in [4.69, 9.17) is 9.72 Å². The van der Waals surface area contributed by atoms with Crippen LogP contribution >= 0.6 is 0 Å². The van der Waals surface area contributed by atoms with E-state index in [0.29, 0.717) is 18.4 Å². The molecule has 1 heterocycles. The largest absolute Gasteiger partial charge is 0.494 e. The minimum absolute atomic E-state index is 0.226.